The standard InChI is InChI=1S/C10H16O/c1-8(2)7-9(3)5-6-10(4)11/h5-8H,1-4H3/b6-5+,9-7-. The Labute approximate surface area is 68.8 Å². The highest BCUT2D eigenvalue weighted by molar-refractivity contribution is 5.87. The summed E-state index contributed by atoms with van der Waals surface area (Å²) >= 11 is 0. The molecular formula is C10H16O. The van der Waals surface area contributed by atoms with Gasteiger partial charge in [0.1, 0.15) is 0 Å². The van der Waals surface area contributed by atoms with Crippen LogP contribution in [-0.4, -0.2) is 5.78 Å². The van der Waals surface area contributed by atoms with Gasteiger partial charge in [-0.1, -0.05) is 31.6 Å². The Bertz CT molecular complexity index is 185. The summed E-state index contributed by atoms with van der Waals surface area (Å²) in [5, 5.41) is 0. The average molecular weight is 152 g/mol. The molecule has 0 saturated heterocycles. The third-order valence-corrected chi connectivity index (χ3v) is 1.18. The average Bonchev–Trinajstić information content (AvgIpc) is 1.82. The Balaban J connectivity index is 4.05. The lowest BCUT2D eigenvalue weighted by Crippen LogP contribution is -1.83. The summed E-state index contributed by atoms with van der Waals surface area (Å²) in [7, 11) is 0. The van der Waals surface area contributed by atoms with Crippen LogP contribution in [0, 0.1) is 5.92 Å². The summed E-state index contributed by atoms with van der Waals surface area (Å²) in [6.45, 7) is 7.79. The van der Waals surface area contributed by atoms with E-state index in [1.165, 1.54) is 0 Å². The Morgan fingerprint density at radius 3 is 2.09 bits per heavy atom. The molecule has 62 valence electrons. The quantitative estimate of drug-likeness (QED) is 0.449. The molecule has 11 heavy (non-hydrogen) atoms. The fourth-order valence-corrected chi connectivity index (χ4v) is 0.830. The number of allylic oxidation sites excluding steroid dienone is 4. The van der Waals surface area contributed by atoms with Gasteiger partial charge >= 0.3 is 0 Å². The van der Waals surface area contributed by atoms with Gasteiger partial charge in [-0.2, -0.15) is 0 Å². The Hall–Kier alpha value is -0.850. The summed E-state index contributed by atoms with van der Waals surface area (Å²) in [5.41, 5.74) is 1.15. The van der Waals surface area contributed by atoms with Crippen LogP contribution in [0.1, 0.15) is 27.7 Å². The van der Waals surface area contributed by atoms with Crippen molar-refractivity contribution in [3.05, 3.63) is 23.8 Å². The van der Waals surface area contributed by atoms with E-state index in [9.17, 15) is 4.79 Å². The van der Waals surface area contributed by atoms with Gasteiger partial charge < -0.3 is 0 Å². The molecule has 0 bridgehead atoms. The molecule has 0 aliphatic rings. The largest absolute Gasteiger partial charge is 0.295 e. The first-order valence-corrected chi connectivity index (χ1v) is 3.89. The molecule has 0 aromatic carbocycles. The normalized spacial score (nSPS) is 13.0. The number of carbonyl (C=O) groups is 1. The van der Waals surface area contributed by atoms with E-state index < -0.39 is 0 Å². The zero-order valence-electron chi connectivity index (χ0n) is 7.72. The molecule has 0 heterocycles. The number of hydrogen-bond donors (Lipinski definition) is 0. The first-order valence-electron chi connectivity index (χ1n) is 3.89. The molecule has 0 amide bonds. The van der Waals surface area contributed by atoms with Crippen molar-refractivity contribution in [2.45, 2.75) is 27.7 Å². The molecule has 1 heteroatoms. The van der Waals surface area contributed by atoms with Crippen molar-refractivity contribution in [3.8, 4) is 0 Å². The van der Waals surface area contributed by atoms with E-state index in [0.717, 1.165) is 5.57 Å². The predicted octanol–water partition coefficient (Wildman–Crippen LogP) is 2.73. The van der Waals surface area contributed by atoms with E-state index >= 15 is 0 Å². The third-order valence-electron chi connectivity index (χ3n) is 1.18. The lowest BCUT2D eigenvalue weighted by molar-refractivity contribution is -0.112. The van der Waals surface area contributed by atoms with Crippen LogP contribution in [0.15, 0.2) is 23.8 Å². The number of hydrogen-bond acceptors (Lipinski definition) is 1. The van der Waals surface area contributed by atoms with Crippen molar-refractivity contribution in [3.63, 3.8) is 0 Å². The van der Waals surface area contributed by atoms with Gasteiger partial charge in [-0.3, -0.25) is 4.79 Å². The summed E-state index contributed by atoms with van der Waals surface area (Å²) in [5.74, 6) is 0.646. The van der Waals surface area contributed by atoms with Crippen LogP contribution in [0.3, 0.4) is 0 Å². The monoisotopic (exact) mass is 152 g/mol. The van der Waals surface area contributed by atoms with Gasteiger partial charge in [0.15, 0.2) is 5.78 Å². The van der Waals surface area contributed by atoms with E-state index in [4.69, 9.17) is 0 Å². The molecule has 0 radical (unpaired) electrons. The van der Waals surface area contributed by atoms with E-state index in [1.807, 2.05) is 13.0 Å². The fraction of sp³-hybridized carbons (Fsp3) is 0.500. The number of ketones is 1. The van der Waals surface area contributed by atoms with Crippen LogP contribution in [0.5, 0.6) is 0 Å². The Morgan fingerprint density at radius 1 is 1.18 bits per heavy atom. The molecule has 1 nitrogen and oxygen atoms in total. The van der Waals surface area contributed by atoms with E-state index in [1.54, 1.807) is 13.0 Å². The van der Waals surface area contributed by atoms with Crippen LogP contribution in [0.2, 0.25) is 0 Å². The first kappa shape index (κ1) is 10.2. The van der Waals surface area contributed by atoms with Crippen molar-refractivity contribution >= 4 is 5.78 Å². The van der Waals surface area contributed by atoms with Gasteiger partial charge in [0.25, 0.3) is 0 Å². The molecule has 0 spiro atoms. The third kappa shape index (κ3) is 7.04. The smallest absolute Gasteiger partial charge is 0.152 e. The van der Waals surface area contributed by atoms with Gasteiger partial charge in [-0.25, -0.2) is 0 Å². The fourth-order valence-electron chi connectivity index (χ4n) is 0.830. The summed E-state index contributed by atoms with van der Waals surface area (Å²) in [6, 6.07) is 0. The van der Waals surface area contributed by atoms with Crippen LogP contribution >= 0.6 is 0 Å². The maximum atomic E-state index is 10.5. The highest BCUT2D eigenvalue weighted by atomic mass is 16.1. The molecule has 0 fully saturated rings. The van der Waals surface area contributed by atoms with Gasteiger partial charge in [0.05, 0.1) is 0 Å². The molecular weight excluding hydrogens is 136 g/mol. The summed E-state index contributed by atoms with van der Waals surface area (Å²) in [4.78, 5) is 10.5. The highest BCUT2D eigenvalue weighted by Gasteiger charge is 1.87. The van der Waals surface area contributed by atoms with Gasteiger partial charge in [-0.05, 0) is 25.8 Å². The van der Waals surface area contributed by atoms with Gasteiger partial charge in [0.2, 0.25) is 0 Å². The molecule has 0 aromatic heterocycles. The molecule has 0 aliphatic heterocycles. The van der Waals surface area contributed by atoms with Crippen LogP contribution in [-0.2, 0) is 4.79 Å². The lowest BCUT2D eigenvalue weighted by atomic mass is 10.1. The van der Waals surface area contributed by atoms with Crippen LogP contribution < -0.4 is 0 Å². The molecule has 0 aromatic rings. The zero-order valence-corrected chi connectivity index (χ0v) is 7.72. The van der Waals surface area contributed by atoms with Gasteiger partial charge in [0, 0.05) is 0 Å². The van der Waals surface area contributed by atoms with Crippen molar-refractivity contribution in [1.82, 2.24) is 0 Å². The Kier molecular flexibility index (Phi) is 4.51. The minimum atomic E-state index is 0.0986. The lowest BCUT2D eigenvalue weighted by Gasteiger charge is -1.95. The number of rotatable bonds is 3. The van der Waals surface area contributed by atoms with Crippen molar-refractivity contribution in [2.75, 3.05) is 0 Å². The number of carbonyl (C=O) groups excluding carboxylic acids is 1. The Morgan fingerprint density at radius 2 is 1.73 bits per heavy atom. The molecule has 0 rings (SSSR count). The highest BCUT2D eigenvalue weighted by Crippen LogP contribution is 2.02. The van der Waals surface area contributed by atoms with Crippen molar-refractivity contribution < 1.29 is 4.79 Å². The minimum Gasteiger partial charge on any atom is -0.295 e. The minimum absolute atomic E-state index is 0.0986. The second-order valence-corrected chi connectivity index (χ2v) is 3.10. The maximum absolute atomic E-state index is 10.5. The van der Waals surface area contributed by atoms with Gasteiger partial charge in [-0.15, -0.1) is 0 Å². The van der Waals surface area contributed by atoms with E-state index in [0.29, 0.717) is 5.92 Å². The maximum Gasteiger partial charge on any atom is 0.152 e. The zero-order chi connectivity index (χ0) is 8.85. The van der Waals surface area contributed by atoms with Crippen molar-refractivity contribution in [1.29, 1.82) is 0 Å². The SMILES string of the molecule is CC(=O)/C=C/C(C)=C\C(C)C. The molecule has 0 aliphatic carbocycles. The summed E-state index contributed by atoms with van der Waals surface area (Å²) in [6.07, 6.45) is 5.57. The first-order chi connectivity index (χ1) is 5.02. The predicted molar refractivity (Wildman–Crippen MR) is 48.4 cm³/mol. The van der Waals surface area contributed by atoms with Crippen LogP contribution in [0.25, 0.3) is 0 Å². The second-order valence-electron chi connectivity index (χ2n) is 3.10. The summed E-state index contributed by atoms with van der Waals surface area (Å²) < 4.78 is 0. The second kappa shape index (κ2) is 4.89. The van der Waals surface area contributed by atoms with Crippen molar-refractivity contribution in [2.24, 2.45) is 5.92 Å². The topological polar surface area (TPSA) is 17.1 Å². The molecule has 0 saturated carbocycles. The van der Waals surface area contributed by atoms with E-state index in [-0.39, 0.29) is 5.78 Å². The molecule has 0 atom stereocenters. The van der Waals surface area contributed by atoms with Crippen LogP contribution in [0.4, 0.5) is 0 Å². The molecule has 0 unspecified atom stereocenters. The van der Waals surface area contributed by atoms with E-state index in [2.05, 4.69) is 19.9 Å². The molecule has 0 N–H and O–H groups in total.